The first kappa shape index (κ1) is 20.9. The zero-order valence-electron chi connectivity index (χ0n) is 17.0. The molecule has 0 spiro atoms. The third-order valence-corrected chi connectivity index (χ3v) is 4.59. The maximum Gasteiger partial charge on any atom is 0.407 e. The number of halogens is 1. The van der Waals surface area contributed by atoms with Crippen molar-refractivity contribution in [2.45, 2.75) is 39.7 Å². The Kier molecular flexibility index (Phi) is 5.94. The number of fused-ring (bicyclic) bond motifs is 1. The number of hydrogen-bond donors (Lipinski definition) is 1. The van der Waals surface area contributed by atoms with E-state index in [4.69, 9.17) is 21.3 Å². The number of hydrogen-bond acceptors (Lipinski definition) is 4. The van der Waals surface area contributed by atoms with Crippen LogP contribution in [0.3, 0.4) is 0 Å². The summed E-state index contributed by atoms with van der Waals surface area (Å²) in [4.78, 5) is 30.0. The molecule has 1 N–H and O–H groups in total. The van der Waals surface area contributed by atoms with Crippen molar-refractivity contribution in [3.8, 4) is 5.69 Å². The topological polar surface area (TPSA) is 73.2 Å². The lowest BCUT2D eigenvalue weighted by atomic mass is 10.1. The number of carbonyl (C=O) groups excluding carboxylic acids is 1. The second-order valence-corrected chi connectivity index (χ2v) is 8.18. The predicted octanol–water partition coefficient (Wildman–Crippen LogP) is 4.41. The Morgan fingerprint density at radius 2 is 1.86 bits per heavy atom. The van der Waals surface area contributed by atoms with E-state index < -0.39 is 11.7 Å². The van der Waals surface area contributed by atoms with Crippen molar-refractivity contribution in [1.82, 2.24) is 14.9 Å². The van der Waals surface area contributed by atoms with Crippen LogP contribution in [0.5, 0.6) is 0 Å². The average Bonchev–Trinajstić information content (AvgIpc) is 2.64. The van der Waals surface area contributed by atoms with Gasteiger partial charge in [-0.3, -0.25) is 9.36 Å². The molecule has 0 fully saturated rings. The molecule has 7 heteroatoms. The average molecular weight is 414 g/mol. The highest BCUT2D eigenvalue weighted by molar-refractivity contribution is 6.35. The highest BCUT2D eigenvalue weighted by Crippen LogP contribution is 2.23. The van der Waals surface area contributed by atoms with Gasteiger partial charge < -0.3 is 10.1 Å². The van der Waals surface area contributed by atoms with Crippen LogP contribution in [0.2, 0.25) is 5.02 Å². The molecule has 29 heavy (non-hydrogen) atoms. The van der Waals surface area contributed by atoms with E-state index in [0.717, 1.165) is 5.56 Å². The van der Waals surface area contributed by atoms with Crippen molar-refractivity contribution in [1.29, 1.82) is 0 Å². The summed E-state index contributed by atoms with van der Waals surface area (Å²) in [6.07, 6.45) is -0.156. The predicted molar refractivity (Wildman–Crippen MR) is 115 cm³/mol. The van der Waals surface area contributed by atoms with Crippen LogP contribution < -0.4 is 10.9 Å². The Morgan fingerprint density at radius 3 is 2.52 bits per heavy atom. The highest BCUT2D eigenvalue weighted by atomic mass is 35.5. The van der Waals surface area contributed by atoms with Crippen molar-refractivity contribution in [2.24, 2.45) is 0 Å². The normalized spacial score (nSPS) is 11.5. The molecular formula is C22H24ClN3O3. The Bertz CT molecular complexity index is 1100. The monoisotopic (exact) mass is 413 g/mol. The fraction of sp³-hybridized carbons (Fsp3) is 0.318. The lowest BCUT2D eigenvalue weighted by Crippen LogP contribution is -2.34. The van der Waals surface area contributed by atoms with Crippen molar-refractivity contribution in [2.75, 3.05) is 6.54 Å². The van der Waals surface area contributed by atoms with Crippen LogP contribution in [0, 0.1) is 6.92 Å². The van der Waals surface area contributed by atoms with E-state index in [1.165, 1.54) is 0 Å². The van der Waals surface area contributed by atoms with Gasteiger partial charge in [0.15, 0.2) is 0 Å². The highest BCUT2D eigenvalue weighted by Gasteiger charge is 2.18. The number of rotatable bonds is 4. The van der Waals surface area contributed by atoms with Gasteiger partial charge in [0.05, 0.1) is 21.6 Å². The number of nitrogens with one attached hydrogen (secondary N) is 1. The Labute approximate surface area is 174 Å². The van der Waals surface area contributed by atoms with Gasteiger partial charge in [-0.25, -0.2) is 9.78 Å². The third kappa shape index (κ3) is 4.77. The van der Waals surface area contributed by atoms with Gasteiger partial charge in [0.2, 0.25) is 0 Å². The standard InChI is InChI=1S/C22H24ClN3O3/c1-14-10-11-16(23)18-19(14)25-17(12-13-24-21(28)29-22(2,3)4)26(20(18)27)15-8-6-5-7-9-15/h5-11H,12-13H2,1-4H3,(H,24,28). The molecule has 0 aliphatic rings. The van der Waals surface area contributed by atoms with Gasteiger partial charge in [-0.2, -0.15) is 0 Å². The number of amides is 1. The molecule has 0 atom stereocenters. The van der Waals surface area contributed by atoms with Crippen LogP contribution in [0.25, 0.3) is 16.6 Å². The summed E-state index contributed by atoms with van der Waals surface area (Å²) in [5, 5.41) is 3.47. The van der Waals surface area contributed by atoms with Crippen LogP contribution in [0.15, 0.2) is 47.3 Å². The number of aryl methyl sites for hydroxylation is 1. The van der Waals surface area contributed by atoms with Crippen LogP contribution in [-0.4, -0.2) is 27.8 Å². The summed E-state index contributed by atoms with van der Waals surface area (Å²) in [5.74, 6) is 0.537. The van der Waals surface area contributed by atoms with Crippen LogP contribution in [0.4, 0.5) is 4.79 Å². The van der Waals surface area contributed by atoms with Crippen LogP contribution in [0.1, 0.15) is 32.2 Å². The molecule has 0 unspecified atom stereocenters. The first-order valence-corrected chi connectivity index (χ1v) is 9.78. The summed E-state index contributed by atoms with van der Waals surface area (Å²) in [5.41, 5.74) is 1.31. The number of benzene rings is 2. The number of carbonyl (C=O) groups is 1. The zero-order valence-corrected chi connectivity index (χ0v) is 17.7. The maximum absolute atomic E-state index is 13.3. The number of ether oxygens (including phenoxy) is 1. The van der Waals surface area contributed by atoms with Gasteiger partial charge in [-0.05, 0) is 51.5 Å². The first-order chi connectivity index (χ1) is 13.7. The summed E-state index contributed by atoms with van der Waals surface area (Å²) in [7, 11) is 0. The second-order valence-electron chi connectivity index (χ2n) is 7.77. The fourth-order valence-corrected chi connectivity index (χ4v) is 3.26. The van der Waals surface area contributed by atoms with Gasteiger partial charge >= 0.3 is 6.09 Å². The lowest BCUT2D eigenvalue weighted by molar-refractivity contribution is 0.0528. The van der Waals surface area contributed by atoms with E-state index in [0.29, 0.717) is 33.9 Å². The van der Waals surface area contributed by atoms with Crippen molar-refractivity contribution in [3.05, 3.63) is 69.2 Å². The minimum absolute atomic E-state index is 0.234. The largest absolute Gasteiger partial charge is 0.444 e. The molecule has 1 amide bonds. The molecule has 1 heterocycles. The molecule has 0 aliphatic carbocycles. The van der Waals surface area contributed by atoms with Crippen molar-refractivity contribution in [3.63, 3.8) is 0 Å². The lowest BCUT2D eigenvalue weighted by Gasteiger charge is -2.20. The van der Waals surface area contributed by atoms with E-state index in [1.807, 2.05) is 43.3 Å². The fourth-order valence-electron chi connectivity index (χ4n) is 3.03. The minimum Gasteiger partial charge on any atom is -0.444 e. The van der Waals surface area contributed by atoms with Gasteiger partial charge in [-0.15, -0.1) is 0 Å². The van der Waals surface area contributed by atoms with E-state index >= 15 is 0 Å². The van der Waals surface area contributed by atoms with Crippen molar-refractivity contribution < 1.29 is 9.53 Å². The van der Waals surface area contributed by atoms with Gasteiger partial charge in [0.1, 0.15) is 11.4 Å². The number of nitrogens with zero attached hydrogens (tertiary/aromatic N) is 2. The minimum atomic E-state index is -0.578. The first-order valence-electron chi connectivity index (χ1n) is 9.40. The number of aromatic nitrogens is 2. The number of para-hydroxylation sites is 1. The molecule has 0 bridgehead atoms. The van der Waals surface area contributed by atoms with Crippen molar-refractivity contribution >= 4 is 28.6 Å². The van der Waals surface area contributed by atoms with Gasteiger partial charge in [0, 0.05) is 13.0 Å². The summed E-state index contributed by atoms with van der Waals surface area (Å²) < 4.78 is 6.81. The molecule has 3 rings (SSSR count). The summed E-state index contributed by atoms with van der Waals surface area (Å²) >= 11 is 6.33. The Balaban J connectivity index is 2.02. The van der Waals surface area contributed by atoms with Gasteiger partial charge in [0.25, 0.3) is 5.56 Å². The molecule has 152 valence electrons. The van der Waals surface area contributed by atoms with Crippen LogP contribution in [-0.2, 0) is 11.2 Å². The van der Waals surface area contributed by atoms with E-state index in [-0.39, 0.29) is 12.1 Å². The zero-order chi connectivity index (χ0) is 21.2. The molecule has 0 saturated carbocycles. The molecule has 0 saturated heterocycles. The molecule has 0 aliphatic heterocycles. The molecule has 0 radical (unpaired) electrons. The van der Waals surface area contributed by atoms with E-state index in [9.17, 15) is 9.59 Å². The molecular weight excluding hydrogens is 390 g/mol. The Hall–Kier alpha value is -2.86. The molecule has 6 nitrogen and oxygen atoms in total. The van der Waals surface area contributed by atoms with Gasteiger partial charge in [-0.1, -0.05) is 35.9 Å². The maximum atomic E-state index is 13.3. The molecule has 1 aromatic heterocycles. The van der Waals surface area contributed by atoms with E-state index in [2.05, 4.69) is 5.32 Å². The van der Waals surface area contributed by atoms with E-state index in [1.54, 1.807) is 31.4 Å². The molecule has 3 aromatic rings. The third-order valence-electron chi connectivity index (χ3n) is 4.28. The SMILES string of the molecule is Cc1ccc(Cl)c2c(=O)n(-c3ccccc3)c(CCNC(=O)OC(C)(C)C)nc12. The molecule has 2 aromatic carbocycles. The second kappa shape index (κ2) is 8.25. The quantitative estimate of drug-likeness (QED) is 0.687. The summed E-state index contributed by atoms with van der Waals surface area (Å²) in [6.45, 7) is 7.57. The number of alkyl carbamates (subject to hydrolysis) is 1. The van der Waals surface area contributed by atoms with Crippen LogP contribution >= 0.6 is 11.6 Å². The summed E-state index contributed by atoms with van der Waals surface area (Å²) in [6, 6.07) is 12.8. The smallest absolute Gasteiger partial charge is 0.407 e. The Morgan fingerprint density at radius 1 is 1.17 bits per heavy atom.